The minimum atomic E-state index is 0.286. The molecule has 0 amide bonds. The first-order valence-electron chi connectivity index (χ1n) is 6.02. The molecular formula is C14H23NO. The number of nitrogens with one attached hydrogen (secondary N) is 1. The van der Waals surface area contributed by atoms with Crippen LogP contribution < -0.4 is 5.32 Å². The molecule has 1 rings (SSSR count). The molecule has 0 aliphatic carbocycles. The van der Waals surface area contributed by atoms with Crippen molar-refractivity contribution in [3.8, 4) is 0 Å². The van der Waals surface area contributed by atoms with Gasteiger partial charge in [0.25, 0.3) is 0 Å². The summed E-state index contributed by atoms with van der Waals surface area (Å²) in [6, 6.07) is 6.43. The van der Waals surface area contributed by atoms with Crippen LogP contribution in [0.15, 0.2) is 18.2 Å². The van der Waals surface area contributed by atoms with Crippen molar-refractivity contribution in [1.82, 2.24) is 5.32 Å². The molecule has 0 spiro atoms. The van der Waals surface area contributed by atoms with Gasteiger partial charge in [-0.2, -0.15) is 0 Å². The Balaban J connectivity index is 2.43. The summed E-state index contributed by atoms with van der Waals surface area (Å²) in [5.74, 6) is 0. The van der Waals surface area contributed by atoms with Gasteiger partial charge in [0, 0.05) is 19.7 Å². The number of hydrogen-bond donors (Lipinski definition) is 1. The molecule has 2 heteroatoms. The summed E-state index contributed by atoms with van der Waals surface area (Å²) in [6.07, 6.45) is 0.286. The normalized spacial score (nSPS) is 12.8. The van der Waals surface area contributed by atoms with E-state index in [1.54, 1.807) is 0 Å². The third-order valence-corrected chi connectivity index (χ3v) is 2.83. The van der Waals surface area contributed by atoms with E-state index in [9.17, 15) is 0 Å². The van der Waals surface area contributed by atoms with E-state index in [2.05, 4.69) is 44.3 Å². The highest BCUT2D eigenvalue weighted by Crippen LogP contribution is 2.12. The van der Waals surface area contributed by atoms with Gasteiger partial charge in [0.05, 0.1) is 6.10 Å². The van der Waals surface area contributed by atoms with Crippen LogP contribution in [0.1, 0.15) is 30.5 Å². The summed E-state index contributed by atoms with van der Waals surface area (Å²) < 4.78 is 5.48. The third-order valence-electron chi connectivity index (χ3n) is 2.83. The van der Waals surface area contributed by atoms with E-state index < -0.39 is 0 Å². The average molecular weight is 221 g/mol. The predicted octanol–water partition coefficient (Wildman–Crippen LogP) is 2.82. The van der Waals surface area contributed by atoms with Crippen LogP contribution in [0.2, 0.25) is 0 Å². The fraction of sp³-hybridized carbons (Fsp3) is 0.571. The van der Waals surface area contributed by atoms with Crippen LogP contribution in [0.3, 0.4) is 0 Å². The average Bonchev–Trinajstić information content (AvgIpc) is 2.23. The Morgan fingerprint density at radius 2 is 1.88 bits per heavy atom. The van der Waals surface area contributed by atoms with Crippen LogP contribution in [0, 0.1) is 13.8 Å². The minimum Gasteiger partial charge on any atom is -0.377 e. The van der Waals surface area contributed by atoms with Crippen molar-refractivity contribution in [2.24, 2.45) is 0 Å². The van der Waals surface area contributed by atoms with Gasteiger partial charge in [0.1, 0.15) is 0 Å². The Bertz CT molecular complexity index is 302. The van der Waals surface area contributed by atoms with Gasteiger partial charge in [0.15, 0.2) is 0 Å². The molecule has 1 N–H and O–H groups in total. The Labute approximate surface area is 99.0 Å². The first kappa shape index (κ1) is 13.2. The first-order chi connectivity index (χ1) is 7.65. The molecule has 1 unspecified atom stereocenters. The van der Waals surface area contributed by atoms with Crippen molar-refractivity contribution in [2.45, 2.75) is 40.3 Å². The molecule has 2 nitrogen and oxygen atoms in total. The zero-order chi connectivity index (χ0) is 12.0. The van der Waals surface area contributed by atoms with Crippen molar-refractivity contribution >= 4 is 0 Å². The van der Waals surface area contributed by atoms with E-state index in [1.807, 2.05) is 6.92 Å². The molecule has 0 radical (unpaired) electrons. The highest BCUT2D eigenvalue weighted by atomic mass is 16.5. The highest BCUT2D eigenvalue weighted by Gasteiger charge is 2.03. The van der Waals surface area contributed by atoms with Crippen molar-refractivity contribution < 1.29 is 4.74 Å². The Morgan fingerprint density at radius 3 is 2.44 bits per heavy atom. The lowest BCUT2D eigenvalue weighted by Crippen LogP contribution is -2.27. The second-order valence-electron chi connectivity index (χ2n) is 4.27. The lowest BCUT2D eigenvalue weighted by Gasteiger charge is -2.14. The zero-order valence-corrected chi connectivity index (χ0v) is 10.8. The molecule has 0 aliphatic rings. The molecule has 1 atom stereocenters. The lowest BCUT2D eigenvalue weighted by atomic mass is 10.0. The summed E-state index contributed by atoms with van der Waals surface area (Å²) in [5.41, 5.74) is 4.12. The van der Waals surface area contributed by atoms with E-state index in [4.69, 9.17) is 4.74 Å². The van der Waals surface area contributed by atoms with Gasteiger partial charge in [-0.05, 0) is 44.4 Å². The van der Waals surface area contributed by atoms with Crippen LogP contribution in [0.4, 0.5) is 0 Å². The number of benzene rings is 1. The molecule has 1 aromatic rings. The monoisotopic (exact) mass is 221 g/mol. The fourth-order valence-corrected chi connectivity index (χ4v) is 1.87. The van der Waals surface area contributed by atoms with Crippen LogP contribution in [0.5, 0.6) is 0 Å². The molecule has 16 heavy (non-hydrogen) atoms. The number of ether oxygens (including phenoxy) is 1. The largest absolute Gasteiger partial charge is 0.377 e. The Morgan fingerprint density at radius 1 is 1.25 bits per heavy atom. The standard InChI is InChI=1S/C14H23NO/c1-5-16-13(4)9-15-10-14-11(2)7-6-8-12(14)3/h6-8,13,15H,5,9-10H2,1-4H3. The van der Waals surface area contributed by atoms with Gasteiger partial charge >= 0.3 is 0 Å². The van der Waals surface area contributed by atoms with Crippen LogP contribution >= 0.6 is 0 Å². The molecule has 0 saturated carbocycles. The summed E-state index contributed by atoms with van der Waals surface area (Å²) >= 11 is 0. The quantitative estimate of drug-likeness (QED) is 0.797. The van der Waals surface area contributed by atoms with Gasteiger partial charge in [-0.1, -0.05) is 18.2 Å². The Hall–Kier alpha value is -0.860. The number of aryl methyl sites for hydroxylation is 2. The lowest BCUT2D eigenvalue weighted by molar-refractivity contribution is 0.0759. The Kier molecular flexibility index (Phi) is 5.50. The molecule has 0 aliphatic heterocycles. The van der Waals surface area contributed by atoms with E-state index in [0.717, 1.165) is 19.7 Å². The predicted molar refractivity (Wildman–Crippen MR) is 68.7 cm³/mol. The van der Waals surface area contributed by atoms with Gasteiger partial charge in [-0.15, -0.1) is 0 Å². The molecule has 0 heterocycles. The molecule has 1 aromatic carbocycles. The molecule has 0 saturated heterocycles. The maximum absolute atomic E-state index is 5.48. The van der Waals surface area contributed by atoms with Gasteiger partial charge in [-0.25, -0.2) is 0 Å². The van der Waals surface area contributed by atoms with Crippen LogP contribution in [-0.4, -0.2) is 19.3 Å². The smallest absolute Gasteiger partial charge is 0.0671 e. The molecule has 0 aromatic heterocycles. The second-order valence-corrected chi connectivity index (χ2v) is 4.27. The van der Waals surface area contributed by atoms with E-state index in [-0.39, 0.29) is 6.10 Å². The third kappa shape index (κ3) is 3.95. The van der Waals surface area contributed by atoms with Crippen molar-refractivity contribution in [3.05, 3.63) is 34.9 Å². The summed E-state index contributed by atoms with van der Waals surface area (Å²) in [6.45, 7) is 11.1. The zero-order valence-electron chi connectivity index (χ0n) is 10.8. The van der Waals surface area contributed by atoms with Crippen molar-refractivity contribution in [1.29, 1.82) is 0 Å². The molecule has 0 bridgehead atoms. The van der Waals surface area contributed by atoms with E-state index in [1.165, 1.54) is 16.7 Å². The fourth-order valence-electron chi connectivity index (χ4n) is 1.87. The van der Waals surface area contributed by atoms with Crippen LogP contribution in [-0.2, 0) is 11.3 Å². The van der Waals surface area contributed by atoms with E-state index >= 15 is 0 Å². The van der Waals surface area contributed by atoms with E-state index in [0.29, 0.717) is 0 Å². The summed E-state index contributed by atoms with van der Waals surface area (Å²) in [5, 5.41) is 3.44. The second kappa shape index (κ2) is 6.66. The van der Waals surface area contributed by atoms with Gasteiger partial charge in [-0.3, -0.25) is 0 Å². The SMILES string of the molecule is CCOC(C)CNCc1c(C)cccc1C. The summed E-state index contributed by atoms with van der Waals surface area (Å²) in [7, 11) is 0. The number of rotatable bonds is 6. The van der Waals surface area contributed by atoms with Crippen LogP contribution in [0.25, 0.3) is 0 Å². The maximum Gasteiger partial charge on any atom is 0.0671 e. The van der Waals surface area contributed by atoms with Crippen molar-refractivity contribution in [3.63, 3.8) is 0 Å². The van der Waals surface area contributed by atoms with Gasteiger partial charge in [0.2, 0.25) is 0 Å². The first-order valence-corrected chi connectivity index (χ1v) is 6.02. The molecular weight excluding hydrogens is 198 g/mol. The molecule has 0 fully saturated rings. The minimum absolute atomic E-state index is 0.286. The molecule has 90 valence electrons. The summed E-state index contributed by atoms with van der Waals surface area (Å²) in [4.78, 5) is 0. The van der Waals surface area contributed by atoms with Gasteiger partial charge < -0.3 is 10.1 Å². The topological polar surface area (TPSA) is 21.3 Å². The maximum atomic E-state index is 5.48. The number of hydrogen-bond acceptors (Lipinski definition) is 2. The highest BCUT2D eigenvalue weighted by molar-refractivity contribution is 5.33. The van der Waals surface area contributed by atoms with Crippen molar-refractivity contribution in [2.75, 3.05) is 13.2 Å².